The van der Waals surface area contributed by atoms with Crippen molar-refractivity contribution >= 4 is 12.0 Å². The number of nitrogens with zero attached hydrogens (tertiary/aromatic N) is 1. The molecule has 20 heavy (non-hydrogen) atoms. The van der Waals surface area contributed by atoms with Crippen molar-refractivity contribution in [2.24, 2.45) is 11.8 Å². The summed E-state index contributed by atoms with van der Waals surface area (Å²) in [4.78, 5) is 24.7. The van der Waals surface area contributed by atoms with E-state index in [2.05, 4.69) is 19.2 Å². The Kier molecular flexibility index (Phi) is 6.82. The maximum atomic E-state index is 12.0. The van der Waals surface area contributed by atoms with E-state index in [-0.39, 0.29) is 18.0 Å². The van der Waals surface area contributed by atoms with E-state index in [0.29, 0.717) is 12.5 Å². The molecule has 1 fully saturated rings. The molecule has 1 aliphatic rings. The van der Waals surface area contributed by atoms with E-state index in [1.807, 2.05) is 7.05 Å². The molecule has 1 aliphatic carbocycles. The predicted octanol–water partition coefficient (Wildman–Crippen LogP) is 2.71. The third-order valence-electron chi connectivity index (χ3n) is 4.55. The van der Waals surface area contributed by atoms with Crippen molar-refractivity contribution in [1.82, 2.24) is 10.2 Å². The fourth-order valence-corrected chi connectivity index (χ4v) is 2.97. The first-order valence-corrected chi connectivity index (χ1v) is 7.73. The van der Waals surface area contributed by atoms with Gasteiger partial charge in [-0.05, 0) is 44.4 Å². The lowest BCUT2D eigenvalue weighted by molar-refractivity contribution is -0.143. The molecule has 0 aromatic heterocycles. The number of aliphatic carboxylic acids is 1. The molecule has 0 heterocycles. The second kappa shape index (κ2) is 8.12. The topological polar surface area (TPSA) is 69.6 Å². The molecule has 0 aliphatic heterocycles. The molecule has 1 saturated carbocycles. The van der Waals surface area contributed by atoms with Crippen LogP contribution in [0.4, 0.5) is 4.79 Å². The second-order valence-electron chi connectivity index (χ2n) is 5.82. The van der Waals surface area contributed by atoms with Crippen LogP contribution in [0.25, 0.3) is 0 Å². The first-order valence-electron chi connectivity index (χ1n) is 7.73. The number of urea groups is 1. The van der Waals surface area contributed by atoms with E-state index < -0.39 is 5.97 Å². The van der Waals surface area contributed by atoms with Crippen molar-refractivity contribution in [1.29, 1.82) is 0 Å². The van der Waals surface area contributed by atoms with Crippen molar-refractivity contribution < 1.29 is 14.7 Å². The summed E-state index contributed by atoms with van der Waals surface area (Å²) in [6, 6.07) is 0.275. The normalized spacial score (nSPS) is 22.6. The van der Waals surface area contributed by atoms with E-state index in [9.17, 15) is 9.59 Å². The molecule has 0 spiro atoms. The van der Waals surface area contributed by atoms with E-state index >= 15 is 0 Å². The summed E-state index contributed by atoms with van der Waals surface area (Å²) >= 11 is 0. The van der Waals surface area contributed by atoms with Crippen LogP contribution >= 0.6 is 0 Å². The first kappa shape index (κ1) is 16.8. The zero-order valence-electron chi connectivity index (χ0n) is 12.9. The highest BCUT2D eigenvalue weighted by Crippen LogP contribution is 2.28. The molecule has 0 unspecified atom stereocenters. The minimum atomic E-state index is -0.680. The summed E-state index contributed by atoms with van der Waals surface area (Å²) in [5.74, 6) is -0.445. The summed E-state index contributed by atoms with van der Waals surface area (Å²) in [7, 11) is 1.84. The monoisotopic (exact) mass is 284 g/mol. The third-order valence-corrected chi connectivity index (χ3v) is 4.55. The third kappa shape index (κ3) is 4.69. The van der Waals surface area contributed by atoms with E-state index in [1.54, 1.807) is 4.90 Å². The first-order chi connectivity index (χ1) is 9.49. The van der Waals surface area contributed by atoms with Crippen LogP contribution in [-0.2, 0) is 4.79 Å². The van der Waals surface area contributed by atoms with Gasteiger partial charge in [-0.1, -0.05) is 13.8 Å². The summed E-state index contributed by atoms with van der Waals surface area (Å²) in [5, 5.41) is 11.9. The molecule has 0 bridgehead atoms. The van der Waals surface area contributed by atoms with Gasteiger partial charge in [-0.2, -0.15) is 0 Å². The molecule has 0 aromatic carbocycles. The second-order valence-corrected chi connectivity index (χ2v) is 5.82. The average molecular weight is 284 g/mol. The van der Waals surface area contributed by atoms with Crippen LogP contribution in [0.5, 0.6) is 0 Å². The van der Waals surface area contributed by atoms with Crippen LogP contribution in [-0.4, -0.2) is 41.6 Å². The van der Waals surface area contributed by atoms with Crippen molar-refractivity contribution in [2.45, 2.75) is 58.4 Å². The minimum Gasteiger partial charge on any atom is -0.481 e. The standard InChI is InChI=1S/C15H28N2O3/c1-4-13(5-2)17(3)15(20)16-10-11-6-8-12(9-7-11)14(18)19/h11-13H,4-10H2,1-3H3,(H,16,20)(H,18,19). The van der Waals surface area contributed by atoms with E-state index in [1.165, 1.54) is 0 Å². The molecular weight excluding hydrogens is 256 g/mol. The summed E-state index contributed by atoms with van der Waals surface area (Å²) < 4.78 is 0. The number of rotatable bonds is 6. The van der Waals surface area contributed by atoms with Gasteiger partial charge in [-0.15, -0.1) is 0 Å². The van der Waals surface area contributed by atoms with Gasteiger partial charge < -0.3 is 15.3 Å². The van der Waals surface area contributed by atoms with Crippen LogP contribution in [0.15, 0.2) is 0 Å². The van der Waals surface area contributed by atoms with Gasteiger partial charge in [0.05, 0.1) is 5.92 Å². The smallest absolute Gasteiger partial charge is 0.317 e. The Morgan fingerprint density at radius 1 is 1.20 bits per heavy atom. The lowest BCUT2D eigenvalue weighted by Gasteiger charge is -2.29. The lowest BCUT2D eigenvalue weighted by Crippen LogP contribution is -2.45. The Labute approximate surface area is 121 Å². The van der Waals surface area contributed by atoms with Gasteiger partial charge in [0.1, 0.15) is 0 Å². The molecule has 0 atom stereocenters. The van der Waals surface area contributed by atoms with Crippen LogP contribution in [0.1, 0.15) is 52.4 Å². The zero-order chi connectivity index (χ0) is 15.1. The number of hydrogen-bond donors (Lipinski definition) is 2. The fraction of sp³-hybridized carbons (Fsp3) is 0.867. The summed E-state index contributed by atoms with van der Waals surface area (Å²) in [5.41, 5.74) is 0. The molecule has 5 heteroatoms. The quantitative estimate of drug-likeness (QED) is 0.788. The Balaban J connectivity index is 2.30. The highest BCUT2D eigenvalue weighted by molar-refractivity contribution is 5.74. The highest BCUT2D eigenvalue weighted by Gasteiger charge is 2.26. The molecule has 0 aromatic rings. The zero-order valence-corrected chi connectivity index (χ0v) is 12.9. The van der Waals surface area contributed by atoms with Gasteiger partial charge in [-0.3, -0.25) is 4.79 Å². The maximum Gasteiger partial charge on any atom is 0.317 e. The summed E-state index contributed by atoms with van der Waals surface area (Å²) in [6.45, 7) is 4.84. The van der Waals surface area contributed by atoms with Crippen LogP contribution < -0.4 is 5.32 Å². The minimum absolute atomic E-state index is 0.0148. The molecule has 1 rings (SSSR count). The number of carbonyl (C=O) groups is 2. The number of hydrogen-bond acceptors (Lipinski definition) is 2. The number of carboxylic acids is 1. The molecular formula is C15H28N2O3. The van der Waals surface area contributed by atoms with Crippen molar-refractivity contribution in [3.8, 4) is 0 Å². The van der Waals surface area contributed by atoms with Crippen molar-refractivity contribution in [3.05, 3.63) is 0 Å². The van der Waals surface area contributed by atoms with Gasteiger partial charge in [0.2, 0.25) is 0 Å². The fourth-order valence-electron chi connectivity index (χ4n) is 2.97. The molecule has 2 N–H and O–H groups in total. The molecule has 0 saturated heterocycles. The Hall–Kier alpha value is -1.26. The lowest BCUT2D eigenvalue weighted by atomic mass is 9.82. The maximum absolute atomic E-state index is 12.0. The number of carbonyl (C=O) groups excluding carboxylic acids is 1. The van der Waals surface area contributed by atoms with E-state index in [0.717, 1.165) is 38.5 Å². The Morgan fingerprint density at radius 2 is 1.75 bits per heavy atom. The van der Waals surface area contributed by atoms with Crippen LogP contribution in [0.3, 0.4) is 0 Å². The largest absolute Gasteiger partial charge is 0.481 e. The SMILES string of the molecule is CCC(CC)N(C)C(=O)NCC1CCC(C(=O)O)CC1. The van der Waals surface area contributed by atoms with Gasteiger partial charge in [-0.25, -0.2) is 4.79 Å². The number of amides is 2. The number of nitrogens with one attached hydrogen (secondary N) is 1. The Morgan fingerprint density at radius 3 is 2.20 bits per heavy atom. The predicted molar refractivity (Wildman–Crippen MR) is 78.6 cm³/mol. The highest BCUT2D eigenvalue weighted by atomic mass is 16.4. The van der Waals surface area contributed by atoms with Crippen LogP contribution in [0.2, 0.25) is 0 Å². The summed E-state index contributed by atoms with van der Waals surface area (Å²) in [6.07, 6.45) is 5.18. The van der Waals surface area contributed by atoms with Crippen LogP contribution in [0, 0.1) is 11.8 Å². The van der Waals surface area contributed by atoms with Gasteiger partial charge in [0, 0.05) is 19.6 Å². The number of carboxylic acid groups (broad SMARTS) is 1. The average Bonchev–Trinajstić information content (AvgIpc) is 2.46. The Bertz CT molecular complexity index is 321. The van der Waals surface area contributed by atoms with Crippen molar-refractivity contribution in [3.63, 3.8) is 0 Å². The molecule has 116 valence electrons. The van der Waals surface area contributed by atoms with Crippen molar-refractivity contribution in [2.75, 3.05) is 13.6 Å². The van der Waals surface area contributed by atoms with E-state index in [4.69, 9.17) is 5.11 Å². The van der Waals surface area contributed by atoms with Gasteiger partial charge in [0.15, 0.2) is 0 Å². The molecule has 5 nitrogen and oxygen atoms in total. The molecule has 0 radical (unpaired) electrons. The van der Waals surface area contributed by atoms with Gasteiger partial charge >= 0.3 is 12.0 Å². The molecule has 2 amide bonds. The van der Waals surface area contributed by atoms with Gasteiger partial charge in [0.25, 0.3) is 0 Å².